The Kier molecular flexibility index (Phi) is 6.69. The molecule has 0 radical (unpaired) electrons. The molecule has 2 fully saturated rings. The number of fused-ring (bicyclic) bond motifs is 3. The van der Waals surface area contributed by atoms with Crippen LogP contribution in [-0.4, -0.2) is 72.2 Å². The van der Waals surface area contributed by atoms with Gasteiger partial charge >= 0.3 is 0 Å². The van der Waals surface area contributed by atoms with Gasteiger partial charge in [0, 0.05) is 44.7 Å². The number of hydrogen-bond acceptors (Lipinski definition) is 5. The smallest absolute Gasteiger partial charge is 0.236 e. The summed E-state index contributed by atoms with van der Waals surface area (Å²) < 4.78 is 5.95. The quantitative estimate of drug-likeness (QED) is 0.712. The molecule has 7 nitrogen and oxygen atoms in total. The van der Waals surface area contributed by atoms with Crippen molar-refractivity contribution in [3.05, 3.63) is 42.0 Å². The molecule has 2 saturated heterocycles. The molecule has 2 bridgehead atoms. The van der Waals surface area contributed by atoms with E-state index in [0.29, 0.717) is 58.7 Å². The molecule has 2 N–H and O–H groups in total. The molecule has 162 valence electrons. The Labute approximate surface area is 177 Å². The van der Waals surface area contributed by atoms with Crippen LogP contribution >= 0.6 is 0 Å². The van der Waals surface area contributed by atoms with Crippen LogP contribution in [0.5, 0.6) is 5.75 Å². The van der Waals surface area contributed by atoms with Crippen molar-refractivity contribution in [2.24, 2.45) is 11.8 Å². The standard InChI is InChI=1S/C23H31N3O4/c27-20-8-10-26(16-20)22(28)12-17-7-9-25-15-19(17)5-3-11-30-21-6-2-1-4-18(21)13-24-14-23(25)29/h1-6,17,19-20,24,27H,7-16H2/t17-,19-,20+/m0/s1. The van der Waals surface area contributed by atoms with Crippen molar-refractivity contribution >= 4 is 11.8 Å². The van der Waals surface area contributed by atoms with E-state index in [0.717, 1.165) is 17.7 Å². The fourth-order valence-electron chi connectivity index (χ4n) is 4.63. The summed E-state index contributed by atoms with van der Waals surface area (Å²) in [5, 5.41) is 13.0. The number of amides is 2. The van der Waals surface area contributed by atoms with Crippen molar-refractivity contribution < 1.29 is 19.4 Å². The summed E-state index contributed by atoms with van der Waals surface area (Å²) in [7, 11) is 0. The molecule has 0 aliphatic carbocycles. The Bertz CT molecular complexity index is 796. The van der Waals surface area contributed by atoms with Gasteiger partial charge in [-0.05, 0) is 30.7 Å². The van der Waals surface area contributed by atoms with E-state index in [1.165, 1.54) is 0 Å². The van der Waals surface area contributed by atoms with Gasteiger partial charge in [0.1, 0.15) is 12.4 Å². The largest absolute Gasteiger partial charge is 0.489 e. The van der Waals surface area contributed by atoms with E-state index in [4.69, 9.17) is 4.74 Å². The highest BCUT2D eigenvalue weighted by Gasteiger charge is 2.33. The van der Waals surface area contributed by atoms with Gasteiger partial charge < -0.3 is 25.0 Å². The molecule has 3 atom stereocenters. The van der Waals surface area contributed by atoms with Crippen LogP contribution in [-0.2, 0) is 16.1 Å². The number of carbonyl (C=O) groups excluding carboxylic acids is 2. The minimum Gasteiger partial charge on any atom is -0.489 e. The molecule has 4 rings (SSSR count). The molecule has 0 spiro atoms. The predicted octanol–water partition coefficient (Wildman–Crippen LogP) is 1.17. The first-order chi connectivity index (χ1) is 14.6. The fraction of sp³-hybridized carbons (Fsp3) is 0.565. The number of likely N-dealkylation sites (tertiary alicyclic amines) is 1. The summed E-state index contributed by atoms with van der Waals surface area (Å²) in [6.07, 6.45) is 5.66. The molecule has 0 unspecified atom stereocenters. The van der Waals surface area contributed by atoms with Crippen LogP contribution in [0.4, 0.5) is 0 Å². The number of nitrogens with zero attached hydrogens (tertiary/aromatic N) is 2. The number of ether oxygens (including phenoxy) is 1. The topological polar surface area (TPSA) is 82.1 Å². The third-order valence-electron chi connectivity index (χ3n) is 6.39. The van der Waals surface area contributed by atoms with Gasteiger partial charge in [-0.2, -0.15) is 0 Å². The number of rotatable bonds is 2. The minimum atomic E-state index is -0.397. The number of aliphatic hydroxyl groups is 1. The molecule has 1 aromatic rings. The number of aliphatic hydroxyl groups excluding tert-OH is 1. The molecule has 2 amide bonds. The summed E-state index contributed by atoms with van der Waals surface area (Å²) in [5.41, 5.74) is 1.03. The second kappa shape index (κ2) is 9.62. The molecule has 0 saturated carbocycles. The molecule has 30 heavy (non-hydrogen) atoms. The van der Waals surface area contributed by atoms with Gasteiger partial charge in [-0.25, -0.2) is 0 Å². The summed E-state index contributed by atoms with van der Waals surface area (Å²) in [5.74, 6) is 1.35. The Balaban J connectivity index is 1.45. The highest BCUT2D eigenvalue weighted by molar-refractivity contribution is 5.79. The maximum Gasteiger partial charge on any atom is 0.236 e. The third kappa shape index (κ3) is 5.02. The average Bonchev–Trinajstić information content (AvgIpc) is 3.19. The van der Waals surface area contributed by atoms with Crippen molar-refractivity contribution in [3.63, 3.8) is 0 Å². The zero-order chi connectivity index (χ0) is 20.9. The summed E-state index contributed by atoms with van der Waals surface area (Å²) in [6.45, 7) is 3.72. The van der Waals surface area contributed by atoms with E-state index in [1.54, 1.807) is 4.90 Å². The van der Waals surface area contributed by atoms with Crippen molar-refractivity contribution in [3.8, 4) is 5.75 Å². The van der Waals surface area contributed by atoms with E-state index in [9.17, 15) is 14.7 Å². The Morgan fingerprint density at radius 2 is 2.03 bits per heavy atom. The highest BCUT2D eigenvalue weighted by atomic mass is 16.5. The lowest BCUT2D eigenvalue weighted by molar-refractivity contribution is -0.134. The zero-order valence-electron chi connectivity index (χ0n) is 17.3. The number of nitrogens with one attached hydrogen (secondary N) is 1. The molecule has 7 heteroatoms. The van der Waals surface area contributed by atoms with Crippen LogP contribution in [0.25, 0.3) is 0 Å². The van der Waals surface area contributed by atoms with Gasteiger partial charge in [-0.3, -0.25) is 9.59 Å². The zero-order valence-corrected chi connectivity index (χ0v) is 17.3. The van der Waals surface area contributed by atoms with Gasteiger partial charge in [0.15, 0.2) is 0 Å². The lowest BCUT2D eigenvalue weighted by Gasteiger charge is -2.37. The normalized spacial score (nSPS) is 27.5. The summed E-state index contributed by atoms with van der Waals surface area (Å²) in [6, 6.07) is 7.87. The fourth-order valence-corrected chi connectivity index (χ4v) is 4.63. The van der Waals surface area contributed by atoms with Gasteiger partial charge in [-0.15, -0.1) is 0 Å². The first-order valence-electron chi connectivity index (χ1n) is 10.9. The van der Waals surface area contributed by atoms with E-state index >= 15 is 0 Å². The van der Waals surface area contributed by atoms with E-state index in [2.05, 4.69) is 11.4 Å². The van der Waals surface area contributed by atoms with Crippen molar-refractivity contribution in [1.29, 1.82) is 0 Å². The molecule has 1 aromatic carbocycles. The third-order valence-corrected chi connectivity index (χ3v) is 6.39. The minimum absolute atomic E-state index is 0.0958. The Morgan fingerprint density at radius 3 is 2.87 bits per heavy atom. The number of hydrogen-bond donors (Lipinski definition) is 2. The number of piperidine rings is 1. The molecule has 3 aliphatic heterocycles. The maximum atomic E-state index is 12.7. The van der Waals surface area contributed by atoms with E-state index in [1.807, 2.05) is 35.2 Å². The molecular weight excluding hydrogens is 382 g/mol. The van der Waals surface area contributed by atoms with Crippen LogP contribution in [0.15, 0.2) is 36.4 Å². The van der Waals surface area contributed by atoms with Crippen molar-refractivity contribution in [2.75, 3.05) is 39.3 Å². The van der Waals surface area contributed by atoms with Crippen LogP contribution < -0.4 is 10.1 Å². The number of β-amino-alcohol motifs (C(OH)–C–C–N with tert-alkyl or cyclic N) is 1. The monoisotopic (exact) mass is 413 g/mol. The maximum absolute atomic E-state index is 12.7. The van der Waals surface area contributed by atoms with Gasteiger partial charge in [0.05, 0.1) is 12.6 Å². The van der Waals surface area contributed by atoms with Gasteiger partial charge in [0.2, 0.25) is 11.8 Å². The lowest BCUT2D eigenvalue weighted by Crippen LogP contribution is -2.47. The number of benzene rings is 1. The van der Waals surface area contributed by atoms with E-state index < -0.39 is 6.10 Å². The lowest BCUT2D eigenvalue weighted by atomic mass is 9.82. The number of carbonyl (C=O) groups is 2. The van der Waals surface area contributed by atoms with Crippen molar-refractivity contribution in [2.45, 2.75) is 31.9 Å². The first kappa shape index (κ1) is 20.9. The molecule has 3 heterocycles. The van der Waals surface area contributed by atoms with E-state index in [-0.39, 0.29) is 23.7 Å². The summed E-state index contributed by atoms with van der Waals surface area (Å²) in [4.78, 5) is 29.1. The molecule has 3 aliphatic rings. The van der Waals surface area contributed by atoms with Crippen molar-refractivity contribution in [1.82, 2.24) is 15.1 Å². The Morgan fingerprint density at radius 1 is 1.17 bits per heavy atom. The van der Waals surface area contributed by atoms with Crippen LogP contribution in [0.2, 0.25) is 0 Å². The Hall–Kier alpha value is -2.38. The SMILES string of the molecule is O=C(C[C@@H]1CCN2C[C@@H]1C=CCOc1ccccc1CNCC2=O)N1CC[C@@H](O)C1. The number of para-hydroxylation sites is 1. The van der Waals surface area contributed by atoms with Gasteiger partial charge in [0.25, 0.3) is 0 Å². The first-order valence-corrected chi connectivity index (χ1v) is 10.9. The highest BCUT2D eigenvalue weighted by Crippen LogP contribution is 2.29. The summed E-state index contributed by atoms with van der Waals surface area (Å²) >= 11 is 0. The second-order valence-corrected chi connectivity index (χ2v) is 8.49. The van der Waals surface area contributed by atoms with Crippen LogP contribution in [0, 0.1) is 11.8 Å². The average molecular weight is 414 g/mol. The molecular formula is C23H31N3O4. The predicted molar refractivity (Wildman–Crippen MR) is 113 cm³/mol. The second-order valence-electron chi connectivity index (χ2n) is 8.49. The molecule has 0 aromatic heterocycles. The van der Waals surface area contributed by atoms with Gasteiger partial charge in [-0.1, -0.05) is 30.4 Å². The van der Waals surface area contributed by atoms with Crippen LogP contribution in [0.1, 0.15) is 24.8 Å². The van der Waals surface area contributed by atoms with Crippen LogP contribution in [0.3, 0.4) is 0 Å².